The minimum Gasteiger partial charge on any atom is -0.458 e. The zero-order valence-corrected chi connectivity index (χ0v) is 13.3. The number of hydrogen-bond donors (Lipinski definition) is 1. The Morgan fingerprint density at radius 1 is 1.39 bits per heavy atom. The third-order valence-corrected chi connectivity index (χ3v) is 3.20. The van der Waals surface area contributed by atoms with E-state index in [1.165, 1.54) is 29.2 Å². The molecule has 1 aliphatic rings. The highest BCUT2D eigenvalue weighted by atomic mass is 19.1. The van der Waals surface area contributed by atoms with E-state index in [0.717, 1.165) is 0 Å². The second kappa shape index (κ2) is 6.64. The van der Waals surface area contributed by atoms with Crippen molar-refractivity contribution in [3.63, 3.8) is 0 Å². The van der Waals surface area contributed by atoms with Crippen LogP contribution in [0.25, 0.3) is 0 Å². The summed E-state index contributed by atoms with van der Waals surface area (Å²) in [5.41, 5.74) is -0.312. The van der Waals surface area contributed by atoms with Crippen molar-refractivity contribution in [2.24, 2.45) is 0 Å². The highest BCUT2D eigenvalue weighted by Crippen LogP contribution is 2.21. The molecular formula is C16H20FNO5. The van der Waals surface area contributed by atoms with E-state index in [0.29, 0.717) is 5.69 Å². The van der Waals surface area contributed by atoms with Crippen LogP contribution >= 0.6 is 0 Å². The number of ether oxygens (including phenoxy) is 2. The number of carbonyl (C=O) groups is 2. The summed E-state index contributed by atoms with van der Waals surface area (Å²) < 4.78 is 23.3. The maximum absolute atomic E-state index is 13.0. The number of nitrogens with zero attached hydrogens (tertiary/aromatic N) is 1. The van der Waals surface area contributed by atoms with Gasteiger partial charge in [0.05, 0.1) is 6.61 Å². The van der Waals surface area contributed by atoms with E-state index in [4.69, 9.17) is 9.47 Å². The fourth-order valence-corrected chi connectivity index (χ4v) is 2.20. The smallest absolute Gasteiger partial charge is 0.338 e. The molecule has 1 fully saturated rings. The molecule has 0 aromatic heterocycles. The Morgan fingerprint density at radius 2 is 2.00 bits per heavy atom. The van der Waals surface area contributed by atoms with Crippen molar-refractivity contribution in [2.45, 2.75) is 38.6 Å². The van der Waals surface area contributed by atoms with E-state index in [1.54, 1.807) is 20.8 Å². The summed E-state index contributed by atoms with van der Waals surface area (Å²) in [5, 5.41) is 10.1. The van der Waals surface area contributed by atoms with Gasteiger partial charge in [-0.15, -0.1) is 0 Å². The molecular weight excluding hydrogens is 305 g/mol. The van der Waals surface area contributed by atoms with Crippen molar-refractivity contribution in [1.29, 1.82) is 0 Å². The van der Waals surface area contributed by atoms with Crippen molar-refractivity contribution >= 4 is 17.6 Å². The second-order valence-corrected chi connectivity index (χ2v) is 6.24. The van der Waals surface area contributed by atoms with E-state index < -0.39 is 35.5 Å². The highest BCUT2D eigenvalue weighted by molar-refractivity contribution is 6.00. The third-order valence-electron chi connectivity index (χ3n) is 3.20. The summed E-state index contributed by atoms with van der Waals surface area (Å²) in [6.45, 7) is 5.37. The first-order chi connectivity index (χ1) is 10.7. The molecule has 1 N–H and O–H groups in total. The average molecular weight is 325 g/mol. The number of benzene rings is 1. The van der Waals surface area contributed by atoms with Crippen LogP contribution in [0.4, 0.5) is 10.1 Å². The SMILES string of the molecule is CC(C)(C)OC(=O)C(O)C1OCCN(c2ccc(F)cc2)C1=O. The molecule has 0 saturated carbocycles. The van der Waals surface area contributed by atoms with Crippen LogP contribution in [0.2, 0.25) is 0 Å². The minimum atomic E-state index is -1.72. The van der Waals surface area contributed by atoms with Crippen LogP contribution in [0.15, 0.2) is 24.3 Å². The zero-order valence-electron chi connectivity index (χ0n) is 13.3. The fourth-order valence-electron chi connectivity index (χ4n) is 2.20. The van der Waals surface area contributed by atoms with Gasteiger partial charge in [0.15, 0.2) is 12.2 Å². The van der Waals surface area contributed by atoms with Crippen LogP contribution < -0.4 is 4.90 Å². The minimum absolute atomic E-state index is 0.146. The van der Waals surface area contributed by atoms with Crippen molar-refractivity contribution in [3.05, 3.63) is 30.1 Å². The van der Waals surface area contributed by atoms with Crippen molar-refractivity contribution in [1.82, 2.24) is 0 Å². The lowest BCUT2D eigenvalue weighted by Crippen LogP contribution is -2.55. The summed E-state index contributed by atoms with van der Waals surface area (Å²) in [6.07, 6.45) is -3.06. The number of carbonyl (C=O) groups excluding carboxylic acids is 2. The van der Waals surface area contributed by atoms with Gasteiger partial charge in [0.1, 0.15) is 11.4 Å². The Bertz CT molecular complexity index is 581. The quantitative estimate of drug-likeness (QED) is 0.847. The van der Waals surface area contributed by atoms with Crippen LogP contribution in [0, 0.1) is 5.82 Å². The van der Waals surface area contributed by atoms with Crippen molar-refractivity contribution in [2.75, 3.05) is 18.1 Å². The van der Waals surface area contributed by atoms with E-state index in [9.17, 15) is 19.1 Å². The Balaban J connectivity index is 2.13. The van der Waals surface area contributed by atoms with Gasteiger partial charge in [0, 0.05) is 12.2 Å². The fraction of sp³-hybridized carbons (Fsp3) is 0.500. The molecule has 7 heteroatoms. The van der Waals surface area contributed by atoms with Gasteiger partial charge in [-0.1, -0.05) is 0 Å². The average Bonchev–Trinajstić information content (AvgIpc) is 2.46. The monoisotopic (exact) mass is 325 g/mol. The molecule has 0 bridgehead atoms. The Morgan fingerprint density at radius 3 is 2.57 bits per heavy atom. The van der Waals surface area contributed by atoms with Gasteiger partial charge in [0.2, 0.25) is 0 Å². The zero-order chi connectivity index (χ0) is 17.2. The van der Waals surface area contributed by atoms with Gasteiger partial charge in [-0.3, -0.25) is 4.79 Å². The molecule has 2 rings (SSSR count). The number of hydrogen-bond acceptors (Lipinski definition) is 5. The molecule has 1 amide bonds. The standard InChI is InChI=1S/C16H20FNO5/c1-16(2,3)23-15(21)12(19)13-14(20)18(8-9-22-13)11-6-4-10(17)5-7-11/h4-7,12-13,19H,8-9H2,1-3H3. The summed E-state index contributed by atoms with van der Waals surface area (Å²) in [7, 11) is 0. The second-order valence-electron chi connectivity index (χ2n) is 6.24. The molecule has 126 valence electrons. The lowest BCUT2D eigenvalue weighted by Gasteiger charge is -2.34. The molecule has 0 aliphatic carbocycles. The van der Waals surface area contributed by atoms with Gasteiger partial charge in [0.25, 0.3) is 5.91 Å². The van der Waals surface area contributed by atoms with E-state index in [-0.39, 0.29) is 13.2 Å². The molecule has 1 heterocycles. The number of morpholine rings is 1. The molecule has 2 atom stereocenters. The number of aliphatic hydroxyl groups is 1. The van der Waals surface area contributed by atoms with Gasteiger partial charge in [-0.2, -0.15) is 0 Å². The lowest BCUT2D eigenvalue weighted by atomic mass is 10.1. The van der Waals surface area contributed by atoms with E-state index in [1.807, 2.05) is 0 Å². The largest absolute Gasteiger partial charge is 0.458 e. The molecule has 1 aliphatic heterocycles. The first-order valence-electron chi connectivity index (χ1n) is 7.28. The first kappa shape index (κ1) is 17.4. The maximum atomic E-state index is 13.0. The summed E-state index contributed by atoms with van der Waals surface area (Å²) in [4.78, 5) is 25.7. The van der Waals surface area contributed by atoms with Gasteiger partial charge in [-0.05, 0) is 45.0 Å². The number of esters is 1. The van der Waals surface area contributed by atoms with Crippen LogP contribution in [-0.4, -0.2) is 47.9 Å². The first-order valence-corrected chi connectivity index (χ1v) is 7.28. The lowest BCUT2D eigenvalue weighted by molar-refractivity contribution is -0.177. The number of anilines is 1. The molecule has 0 spiro atoms. The molecule has 1 saturated heterocycles. The molecule has 2 unspecified atom stereocenters. The predicted octanol–water partition coefficient (Wildman–Crippen LogP) is 1.26. The van der Waals surface area contributed by atoms with Crippen LogP contribution in [-0.2, 0) is 19.1 Å². The van der Waals surface area contributed by atoms with Crippen LogP contribution in [0.1, 0.15) is 20.8 Å². The number of halogens is 1. The normalized spacial score (nSPS) is 20.3. The topological polar surface area (TPSA) is 76.1 Å². The van der Waals surface area contributed by atoms with Crippen LogP contribution in [0.5, 0.6) is 0 Å². The van der Waals surface area contributed by atoms with Gasteiger partial charge in [-0.25, -0.2) is 9.18 Å². The Hall–Kier alpha value is -1.99. The molecule has 1 aromatic rings. The molecule has 0 radical (unpaired) electrons. The Kier molecular flexibility index (Phi) is 5.01. The Labute approximate surface area is 133 Å². The summed E-state index contributed by atoms with van der Waals surface area (Å²) >= 11 is 0. The van der Waals surface area contributed by atoms with E-state index >= 15 is 0 Å². The van der Waals surface area contributed by atoms with Gasteiger partial charge >= 0.3 is 5.97 Å². The van der Waals surface area contributed by atoms with Crippen molar-refractivity contribution < 1.29 is 28.6 Å². The van der Waals surface area contributed by atoms with Crippen molar-refractivity contribution in [3.8, 4) is 0 Å². The summed E-state index contributed by atoms with van der Waals surface area (Å²) in [6, 6.07) is 5.37. The predicted molar refractivity (Wildman–Crippen MR) is 80.3 cm³/mol. The number of amides is 1. The molecule has 23 heavy (non-hydrogen) atoms. The van der Waals surface area contributed by atoms with Gasteiger partial charge < -0.3 is 19.5 Å². The van der Waals surface area contributed by atoms with Crippen LogP contribution in [0.3, 0.4) is 0 Å². The highest BCUT2D eigenvalue weighted by Gasteiger charge is 2.41. The number of aliphatic hydroxyl groups excluding tert-OH is 1. The maximum Gasteiger partial charge on any atom is 0.338 e. The number of rotatable bonds is 3. The summed E-state index contributed by atoms with van der Waals surface area (Å²) in [5.74, 6) is -1.90. The molecule has 1 aromatic carbocycles. The van der Waals surface area contributed by atoms with E-state index in [2.05, 4.69) is 0 Å². The molecule has 6 nitrogen and oxygen atoms in total. The third kappa shape index (κ3) is 4.27.